The molecular weight excluding hydrogens is 465 g/mol. The SMILES string of the molecule is CC(C)n1cc(CCC2Cc3c([nH]c4ccc(C(=O)c5ccc(F)cc5)cc34)C(N)(N)C2)cn1.Cl. The lowest BCUT2D eigenvalue weighted by Crippen LogP contribution is -2.50. The zero-order valence-corrected chi connectivity index (χ0v) is 20.7. The average molecular weight is 496 g/mol. The van der Waals surface area contributed by atoms with Gasteiger partial charge in [-0.25, -0.2) is 4.39 Å². The van der Waals surface area contributed by atoms with Crippen molar-refractivity contribution in [1.29, 1.82) is 0 Å². The molecule has 0 aliphatic heterocycles. The van der Waals surface area contributed by atoms with Crippen LogP contribution in [0.1, 0.15) is 65.5 Å². The molecule has 1 aliphatic rings. The summed E-state index contributed by atoms with van der Waals surface area (Å²) >= 11 is 0. The molecule has 184 valence electrons. The van der Waals surface area contributed by atoms with Gasteiger partial charge < -0.3 is 16.5 Å². The number of carbonyl (C=O) groups is 1. The molecule has 0 saturated carbocycles. The lowest BCUT2D eigenvalue weighted by Gasteiger charge is -2.35. The number of H-pyrrole nitrogens is 1. The van der Waals surface area contributed by atoms with E-state index < -0.39 is 5.66 Å². The van der Waals surface area contributed by atoms with E-state index in [4.69, 9.17) is 11.5 Å². The van der Waals surface area contributed by atoms with Crippen molar-refractivity contribution in [3.05, 3.63) is 88.6 Å². The fraction of sp³-hybridized carbons (Fsp3) is 0.333. The topological polar surface area (TPSA) is 103 Å². The molecule has 2 aromatic carbocycles. The highest BCUT2D eigenvalue weighted by Crippen LogP contribution is 2.39. The van der Waals surface area contributed by atoms with E-state index in [1.54, 1.807) is 6.07 Å². The second-order valence-electron chi connectivity index (χ2n) is 9.85. The van der Waals surface area contributed by atoms with Crippen molar-refractivity contribution in [2.75, 3.05) is 0 Å². The number of rotatable bonds is 6. The van der Waals surface area contributed by atoms with E-state index in [9.17, 15) is 9.18 Å². The number of hydrogen-bond acceptors (Lipinski definition) is 4. The van der Waals surface area contributed by atoms with Gasteiger partial charge in [-0.2, -0.15) is 5.10 Å². The third-order valence-corrected chi connectivity index (χ3v) is 6.88. The summed E-state index contributed by atoms with van der Waals surface area (Å²) in [6, 6.07) is 11.6. The quantitative estimate of drug-likeness (QED) is 0.258. The van der Waals surface area contributed by atoms with Gasteiger partial charge in [-0.1, -0.05) is 0 Å². The van der Waals surface area contributed by atoms with E-state index in [1.165, 1.54) is 29.8 Å². The second-order valence-corrected chi connectivity index (χ2v) is 9.85. The highest BCUT2D eigenvalue weighted by Gasteiger charge is 2.36. The molecule has 0 bridgehead atoms. The van der Waals surface area contributed by atoms with Crippen molar-refractivity contribution < 1.29 is 9.18 Å². The highest BCUT2D eigenvalue weighted by molar-refractivity contribution is 6.10. The first-order valence-corrected chi connectivity index (χ1v) is 11.8. The number of fused-ring (bicyclic) bond motifs is 3. The third kappa shape index (κ3) is 4.89. The van der Waals surface area contributed by atoms with E-state index in [1.807, 2.05) is 23.0 Å². The third-order valence-electron chi connectivity index (χ3n) is 6.88. The van der Waals surface area contributed by atoms with Gasteiger partial charge in [-0.3, -0.25) is 9.48 Å². The summed E-state index contributed by atoms with van der Waals surface area (Å²) in [6.07, 6.45) is 7.45. The summed E-state index contributed by atoms with van der Waals surface area (Å²) in [5.41, 5.74) is 17.3. The number of ketones is 1. The smallest absolute Gasteiger partial charge is 0.193 e. The molecule has 1 aliphatic carbocycles. The Morgan fingerprint density at radius 1 is 1.20 bits per heavy atom. The molecule has 2 aromatic heterocycles. The fourth-order valence-corrected chi connectivity index (χ4v) is 5.07. The van der Waals surface area contributed by atoms with Crippen LogP contribution in [0.3, 0.4) is 0 Å². The van der Waals surface area contributed by atoms with Crippen molar-refractivity contribution in [1.82, 2.24) is 14.8 Å². The molecule has 0 fully saturated rings. The number of hydrogen-bond donors (Lipinski definition) is 3. The molecule has 0 spiro atoms. The normalized spacial score (nSPS) is 16.8. The Morgan fingerprint density at radius 2 is 1.91 bits per heavy atom. The molecule has 4 aromatic rings. The van der Waals surface area contributed by atoms with Crippen LogP contribution >= 0.6 is 12.4 Å². The zero-order chi connectivity index (χ0) is 24.0. The fourth-order valence-electron chi connectivity index (χ4n) is 5.07. The number of halogens is 2. The molecule has 5 rings (SSSR count). The van der Waals surface area contributed by atoms with Crippen LogP contribution in [-0.4, -0.2) is 20.5 Å². The van der Waals surface area contributed by atoms with Gasteiger partial charge in [0.25, 0.3) is 0 Å². The van der Waals surface area contributed by atoms with Gasteiger partial charge in [0.15, 0.2) is 5.78 Å². The van der Waals surface area contributed by atoms with Crippen LogP contribution < -0.4 is 11.5 Å². The second kappa shape index (κ2) is 9.57. The van der Waals surface area contributed by atoms with E-state index in [0.717, 1.165) is 41.4 Å². The molecule has 0 radical (unpaired) electrons. The Labute approximate surface area is 210 Å². The van der Waals surface area contributed by atoms with Gasteiger partial charge in [0.1, 0.15) is 11.5 Å². The maximum Gasteiger partial charge on any atom is 0.193 e. The molecule has 8 heteroatoms. The maximum absolute atomic E-state index is 13.3. The largest absolute Gasteiger partial charge is 0.356 e. The standard InChI is InChI=1S/C27H30FN5O.ClH/c1-16(2)33-15-18(14-31-33)4-3-17-11-23-22-12-20(25(34)19-5-8-21(28)9-6-19)7-10-24(22)32-26(23)27(29,30)13-17;/h5-10,12,14-17,32H,3-4,11,13,29-30H2,1-2H3;1H. The van der Waals surface area contributed by atoms with E-state index >= 15 is 0 Å². The van der Waals surface area contributed by atoms with E-state index in [2.05, 4.69) is 30.1 Å². The molecule has 1 atom stereocenters. The minimum absolute atomic E-state index is 0. The van der Waals surface area contributed by atoms with Crippen molar-refractivity contribution in [3.8, 4) is 0 Å². The first kappa shape index (κ1) is 25.1. The minimum Gasteiger partial charge on any atom is -0.356 e. The van der Waals surface area contributed by atoms with Gasteiger partial charge >= 0.3 is 0 Å². The Balaban J connectivity index is 0.00000289. The Kier molecular flexibility index (Phi) is 6.86. The number of nitrogens with two attached hydrogens (primary N) is 2. The number of benzene rings is 2. The van der Waals surface area contributed by atoms with Crippen molar-refractivity contribution in [2.24, 2.45) is 17.4 Å². The summed E-state index contributed by atoms with van der Waals surface area (Å²) in [5, 5.41) is 5.41. The van der Waals surface area contributed by atoms with Crippen LogP contribution in [0.2, 0.25) is 0 Å². The van der Waals surface area contributed by atoms with Crippen LogP contribution in [0.15, 0.2) is 54.9 Å². The Morgan fingerprint density at radius 3 is 2.60 bits per heavy atom. The van der Waals surface area contributed by atoms with Crippen LogP contribution in [0, 0.1) is 11.7 Å². The van der Waals surface area contributed by atoms with Crippen molar-refractivity contribution >= 4 is 29.1 Å². The first-order valence-electron chi connectivity index (χ1n) is 11.8. The minimum atomic E-state index is -0.958. The van der Waals surface area contributed by atoms with Crippen molar-refractivity contribution in [2.45, 2.75) is 51.2 Å². The van der Waals surface area contributed by atoms with Crippen LogP contribution in [0.4, 0.5) is 4.39 Å². The van der Waals surface area contributed by atoms with Crippen LogP contribution in [0.25, 0.3) is 10.9 Å². The zero-order valence-electron chi connectivity index (χ0n) is 19.9. The Hall–Kier alpha value is -3.00. The number of aromatic amines is 1. The van der Waals surface area contributed by atoms with Crippen LogP contribution in [0.5, 0.6) is 0 Å². The average Bonchev–Trinajstić information content (AvgIpc) is 3.43. The number of carbonyl (C=O) groups excluding carboxylic acids is 1. The predicted octanol–water partition coefficient (Wildman–Crippen LogP) is 5.00. The number of aromatic nitrogens is 3. The molecule has 35 heavy (non-hydrogen) atoms. The molecule has 2 heterocycles. The predicted molar refractivity (Wildman–Crippen MR) is 138 cm³/mol. The lowest BCUT2D eigenvalue weighted by atomic mass is 9.77. The number of aryl methyl sites for hydroxylation is 1. The summed E-state index contributed by atoms with van der Waals surface area (Å²) in [5.74, 6) is -0.185. The van der Waals surface area contributed by atoms with Gasteiger partial charge in [-0.05, 0) is 99.0 Å². The van der Waals surface area contributed by atoms with E-state index in [0.29, 0.717) is 29.5 Å². The lowest BCUT2D eigenvalue weighted by molar-refractivity contribution is 0.103. The van der Waals surface area contributed by atoms with Gasteiger partial charge in [0.2, 0.25) is 0 Å². The molecular formula is C27H31ClFN5O. The molecule has 0 amide bonds. The van der Waals surface area contributed by atoms with E-state index in [-0.39, 0.29) is 24.0 Å². The van der Waals surface area contributed by atoms with Crippen LogP contribution in [-0.2, 0) is 18.5 Å². The number of nitrogens with zero attached hydrogens (tertiary/aromatic N) is 2. The summed E-state index contributed by atoms with van der Waals surface area (Å²) in [4.78, 5) is 16.4. The monoisotopic (exact) mass is 495 g/mol. The summed E-state index contributed by atoms with van der Waals surface area (Å²) in [6.45, 7) is 4.23. The highest BCUT2D eigenvalue weighted by atomic mass is 35.5. The Bertz CT molecular complexity index is 1360. The van der Waals surface area contributed by atoms with Gasteiger partial charge in [0.05, 0.1) is 11.9 Å². The molecule has 5 N–H and O–H groups in total. The van der Waals surface area contributed by atoms with Gasteiger partial charge in [0, 0.05) is 34.3 Å². The van der Waals surface area contributed by atoms with Gasteiger partial charge in [-0.15, -0.1) is 12.4 Å². The molecule has 1 unspecified atom stereocenters. The molecule has 0 saturated heterocycles. The molecule has 6 nitrogen and oxygen atoms in total. The summed E-state index contributed by atoms with van der Waals surface area (Å²) in [7, 11) is 0. The summed E-state index contributed by atoms with van der Waals surface area (Å²) < 4.78 is 15.3. The maximum atomic E-state index is 13.3. The number of nitrogens with one attached hydrogen (secondary N) is 1. The first-order chi connectivity index (χ1) is 16.2. The van der Waals surface area contributed by atoms with Crippen molar-refractivity contribution in [3.63, 3.8) is 0 Å².